The van der Waals surface area contributed by atoms with Crippen molar-refractivity contribution in [3.8, 4) is 55.6 Å². The zero-order valence-electron chi connectivity index (χ0n) is 30.7. The zero-order chi connectivity index (χ0) is 37.5. The van der Waals surface area contributed by atoms with E-state index in [2.05, 4.69) is 170 Å². The molecule has 0 bridgehead atoms. The van der Waals surface area contributed by atoms with E-state index in [4.69, 9.17) is 13.3 Å². The summed E-state index contributed by atoms with van der Waals surface area (Å²) in [6.45, 7) is 0. The van der Waals surface area contributed by atoms with E-state index in [1.807, 2.05) is 24.3 Å². The maximum atomic E-state index is 6.35. The lowest BCUT2D eigenvalue weighted by Gasteiger charge is -2.10. The highest BCUT2D eigenvalue weighted by Gasteiger charge is 2.14. The average Bonchev–Trinajstić information content (AvgIpc) is 3.96. The molecule has 12 rings (SSSR count). The van der Waals surface area contributed by atoms with Gasteiger partial charge in [-0.05, 0) is 134 Å². The fraction of sp³-hybridized carbons (Fsp3) is 0. The molecule has 57 heavy (non-hydrogen) atoms. The minimum absolute atomic E-state index is 0.880. The van der Waals surface area contributed by atoms with Crippen LogP contribution in [0.1, 0.15) is 0 Å². The van der Waals surface area contributed by atoms with Crippen LogP contribution in [0.3, 0.4) is 0 Å². The third-order valence-corrected chi connectivity index (χ3v) is 11.5. The first-order valence-corrected chi connectivity index (χ1v) is 19.3. The summed E-state index contributed by atoms with van der Waals surface area (Å²) in [5, 5.41) is 6.74. The fourth-order valence-electron chi connectivity index (χ4n) is 8.58. The lowest BCUT2D eigenvalue weighted by molar-refractivity contribution is 0.668. The van der Waals surface area contributed by atoms with Crippen LogP contribution in [0.4, 0.5) is 0 Å². The van der Waals surface area contributed by atoms with Crippen LogP contribution in [0, 0.1) is 0 Å². The molecule has 0 saturated carbocycles. The Hall–Kier alpha value is -7.62. The molecule has 0 unspecified atom stereocenters. The summed E-state index contributed by atoms with van der Waals surface area (Å²) in [6.07, 6.45) is 0. The Kier molecular flexibility index (Phi) is 6.93. The molecular formula is C54H32O3. The summed E-state index contributed by atoms with van der Waals surface area (Å²) in [6, 6.07) is 68.9. The molecule has 0 spiro atoms. The van der Waals surface area contributed by atoms with Crippen LogP contribution >= 0.6 is 0 Å². The first kappa shape index (κ1) is 31.7. The molecule has 0 N–H and O–H groups in total. The van der Waals surface area contributed by atoms with Crippen molar-refractivity contribution in [3.63, 3.8) is 0 Å². The SMILES string of the molecule is c1cc(-c2cccc(-c3ccc4oc5ccccc5c4c3)c2)cc(-c2cccc(-c3ccc4oc5ccc(-c6ccc7oc8ccccc8c7c6)cc5c4c3)c2)c1. The van der Waals surface area contributed by atoms with E-state index in [0.717, 1.165) is 88.1 Å². The van der Waals surface area contributed by atoms with Crippen LogP contribution in [-0.4, -0.2) is 0 Å². The van der Waals surface area contributed by atoms with Gasteiger partial charge in [-0.3, -0.25) is 0 Å². The molecule has 3 nitrogen and oxygen atoms in total. The summed E-state index contributed by atoms with van der Waals surface area (Å²) < 4.78 is 18.5. The monoisotopic (exact) mass is 728 g/mol. The van der Waals surface area contributed by atoms with Crippen molar-refractivity contribution in [2.45, 2.75) is 0 Å². The van der Waals surface area contributed by atoms with Gasteiger partial charge >= 0.3 is 0 Å². The van der Waals surface area contributed by atoms with Crippen LogP contribution in [0.25, 0.3) is 121 Å². The normalized spacial score (nSPS) is 11.9. The van der Waals surface area contributed by atoms with Gasteiger partial charge in [-0.2, -0.15) is 0 Å². The molecule has 3 heteroatoms. The number of rotatable bonds is 5. The molecule has 0 aliphatic heterocycles. The molecule has 12 aromatic rings. The number of fused-ring (bicyclic) bond motifs is 9. The summed E-state index contributed by atoms with van der Waals surface area (Å²) >= 11 is 0. The molecule has 0 radical (unpaired) electrons. The summed E-state index contributed by atoms with van der Waals surface area (Å²) in [5.41, 5.74) is 17.0. The predicted octanol–water partition coefficient (Wildman–Crippen LogP) is 15.7. The van der Waals surface area contributed by atoms with Crippen LogP contribution in [0.15, 0.2) is 207 Å². The molecule has 0 fully saturated rings. The summed E-state index contributed by atoms with van der Waals surface area (Å²) in [7, 11) is 0. The van der Waals surface area contributed by atoms with Crippen molar-refractivity contribution in [3.05, 3.63) is 194 Å². The molecule has 0 atom stereocenters. The van der Waals surface area contributed by atoms with Crippen LogP contribution in [0.2, 0.25) is 0 Å². The number of hydrogen-bond acceptors (Lipinski definition) is 3. The minimum atomic E-state index is 0.880. The van der Waals surface area contributed by atoms with Gasteiger partial charge in [0.05, 0.1) is 0 Å². The van der Waals surface area contributed by atoms with Crippen molar-refractivity contribution in [1.29, 1.82) is 0 Å². The Morgan fingerprint density at radius 2 is 0.421 bits per heavy atom. The second-order valence-corrected chi connectivity index (χ2v) is 14.9. The third-order valence-electron chi connectivity index (χ3n) is 11.5. The average molecular weight is 729 g/mol. The quantitative estimate of drug-likeness (QED) is 0.177. The maximum Gasteiger partial charge on any atom is 0.135 e. The summed E-state index contributed by atoms with van der Waals surface area (Å²) in [4.78, 5) is 0. The molecule has 266 valence electrons. The van der Waals surface area contributed by atoms with E-state index in [0.29, 0.717) is 0 Å². The van der Waals surface area contributed by atoms with Gasteiger partial charge in [0.25, 0.3) is 0 Å². The number of benzene rings is 9. The third kappa shape index (κ3) is 5.28. The molecular weight excluding hydrogens is 697 g/mol. The van der Waals surface area contributed by atoms with Gasteiger partial charge in [0, 0.05) is 32.3 Å². The number of hydrogen-bond donors (Lipinski definition) is 0. The van der Waals surface area contributed by atoms with Gasteiger partial charge in [-0.15, -0.1) is 0 Å². The van der Waals surface area contributed by atoms with Crippen LogP contribution < -0.4 is 0 Å². The van der Waals surface area contributed by atoms with Gasteiger partial charge < -0.3 is 13.3 Å². The smallest absolute Gasteiger partial charge is 0.135 e. The Labute approximate surface area is 327 Å². The molecule has 0 saturated heterocycles. The standard InChI is InChI=1S/C54H32O3/c1-3-16-49-43(14-1)45-29-39(18-22-51(45)55-49)37-12-6-10-35(27-37)33-8-5-9-34(26-33)36-11-7-13-38(28-36)40-19-24-53-47(31-40)48-32-42(21-25-54(48)57-53)41-20-23-52-46(30-41)44-15-2-4-17-50(44)56-52/h1-32H. The lowest BCUT2D eigenvalue weighted by atomic mass is 9.94. The van der Waals surface area contributed by atoms with Crippen molar-refractivity contribution < 1.29 is 13.3 Å². The largest absolute Gasteiger partial charge is 0.456 e. The van der Waals surface area contributed by atoms with Gasteiger partial charge in [0.2, 0.25) is 0 Å². The lowest BCUT2D eigenvalue weighted by Crippen LogP contribution is -1.85. The van der Waals surface area contributed by atoms with Crippen molar-refractivity contribution in [2.24, 2.45) is 0 Å². The van der Waals surface area contributed by atoms with E-state index < -0.39 is 0 Å². The van der Waals surface area contributed by atoms with Crippen LogP contribution in [0.5, 0.6) is 0 Å². The highest BCUT2D eigenvalue weighted by Crippen LogP contribution is 2.39. The topological polar surface area (TPSA) is 39.4 Å². The van der Waals surface area contributed by atoms with Gasteiger partial charge in [-0.25, -0.2) is 0 Å². The van der Waals surface area contributed by atoms with Gasteiger partial charge in [0.15, 0.2) is 0 Å². The maximum absolute atomic E-state index is 6.35. The minimum Gasteiger partial charge on any atom is -0.456 e. The van der Waals surface area contributed by atoms with Crippen molar-refractivity contribution in [2.75, 3.05) is 0 Å². The van der Waals surface area contributed by atoms with E-state index in [9.17, 15) is 0 Å². The fourth-order valence-corrected chi connectivity index (χ4v) is 8.58. The molecule has 0 aliphatic carbocycles. The Morgan fingerprint density at radius 3 is 0.737 bits per heavy atom. The Morgan fingerprint density at radius 1 is 0.175 bits per heavy atom. The molecule has 0 aliphatic rings. The van der Waals surface area contributed by atoms with E-state index in [-0.39, 0.29) is 0 Å². The van der Waals surface area contributed by atoms with Crippen LogP contribution in [-0.2, 0) is 0 Å². The molecule has 9 aromatic carbocycles. The van der Waals surface area contributed by atoms with Gasteiger partial charge in [-0.1, -0.05) is 115 Å². The van der Waals surface area contributed by atoms with E-state index >= 15 is 0 Å². The predicted molar refractivity (Wildman–Crippen MR) is 235 cm³/mol. The first-order chi connectivity index (χ1) is 28.2. The summed E-state index contributed by atoms with van der Waals surface area (Å²) in [5.74, 6) is 0. The van der Waals surface area contributed by atoms with Gasteiger partial charge in [0.1, 0.15) is 33.5 Å². The highest BCUT2D eigenvalue weighted by molar-refractivity contribution is 6.10. The Balaban J connectivity index is 0.875. The van der Waals surface area contributed by atoms with Crippen molar-refractivity contribution in [1.82, 2.24) is 0 Å². The van der Waals surface area contributed by atoms with E-state index in [1.54, 1.807) is 0 Å². The number of furan rings is 3. The molecule has 0 amide bonds. The molecule has 3 aromatic heterocycles. The Bertz CT molecular complexity index is 3540. The second-order valence-electron chi connectivity index (χ2n) is 14.9. The van der Waals surface area contributed by atoms with Crippen molar-refractivity contribution >= 4 is 65.8 Å². The van der Waals surface area contributed by atoms with E-state index in [1.165, 1.54) is 33.4 Å². The second kappa shape index (κ2) is 12.5. The highest BCUT2D eigenvalue weighted by atomic mass is 16.3. The number of para-hydroxylation sites is 2. The molecule has 3 heterocycles. The first-order valence-electron chi connectivity index (χ1n) is 19.3. The zero-order valence-corrected chi connectivity index (χ0v) is 30.7.